The molecule has 0 bridgehead atoms. The third kappa shape index (κ3) is 2.66. The largest absolute Gasteiger partial charge is 0.340 e. The quantitative estimate of drug-likeness (QED) is 0.909. The molecule has 1 N–H and O–H groups in total. The van der Waals surface area contributed by atoms with Crippen molar-refractivity contribution in [3.05, 3.63) is 42.2 Å². The average Bonchev–Trinajstić information content (AvgIpc) is 3.15. The molecule has 0 saturated carbocycles. The minimum atomic E-state index is -0.399. The summed E-state index contributed by atoms with van der Waals surface area (Å²) >= 11 is 0. The van der Waals surface area contributed by atoms with Gasteiger partial charge in [-0.1, -0.05) is 23.4 Å². The zero-order valence-corrected chi connectivity index (χ0v) is 13.3. The summed E-state index contributed by atoms with van der Waals surface area (Å²) in [7, 11) is 0. The molecular weight excluding hydrogens is 306 g/mol. The molecule has 2 amide bonds. The Balaban J connectivity index is 1.56. The number of piperidine rings is 1. The van der Waals surface area contributed by atoms with E-state index in [1.165, 1.54) is 0 Å². The van der Waals surface area contributed by atoms with E-state index >= 15 is 0 Å². The molecule has 124 valence electrons. The summed E-state index contributed by atoms with van der Waals surface area (Å²) in [6.07, 6.45) is 5.61. The molecule has 24 heavy (non-hydrogen) atoms. The molecule has 0 radical (unpaired) electrons. The number of amides is 2. The Bertz CT molecular complexity index is 758. The van der Waals surface area contributed by atoms with Crippen molar-refractivity contribution in [1.82, 2.24) is 19.9 Å². The third-order valence-electron chi connectivity index (χ3n) is 4.82. The molecule has 4 rings (SSSR count). The van der Waals surface area contributed by atoms with E-state index in [-0.39, 0.29) is 24.3 Å². The van der Waals surface area contributed by atoms with Crippen LogP contribution in [0, 0.1) is 0 Å². The third-order valence-corrected chi connectivity index (χ3v) is 4.82. The molecule has 1 aromatic heterocycles. The number of hydrogen-bond acceptors (Lipinski definition) is 4. The summed E-state index contributed by atoms with van der Waals surface area (Å²) in [6, 6.07) is 7.70. The molecule has 0 aliphatic carbocycles. The molecule has 7 nitrogen and oxygen atoms in total. The molecule has 0 spiro atoms. The molecule has 2 aromatic rings. The SMILES string of the molecule is O=C1CC(C(=O)N2CCCC(n3ccnn3)C2)c2ccccc2N1. The number of nitrogens with zero attached hydrogens (tertiary/aromatic N) is 4. The van der Waals surface area contributed by atoms with Gasteiger partial charge in [-0.15, -0.1) is 5.10 Å². The number of para-hydroxylation sites is 1. The minimum Gasteiger partial charge on any atom is -0.340 e. The fraction of sp³-hybridized carbons (Fsp3) is 0.412. The topological polar surface area (TPSA) is 80.1 Å². The number of aromatic nitrogens is 3. The van der Waals surface area contributed by atoms with Crippen LogP contribution in [0.1, 0.15) is 36.8 Å². The van der Waals surface area contributed by atoms with Gasteiger partial charge in [-0.3, -0.25) is 9.59 Å². The van der Waals surface area contributed by atoms with Crippen LogP contribution in [0.2, 0.25) is 0 Å². The number of anilines is 1. The lowest BCUT2D eigenvalue weighted by molar-refractivity contribution is -0.136. The van der Waals surface area contributed by atoms with Crippen molar-refractivity contribution in [2.24, 2.45) is 0 Å². The molecule has 1 fully saturated rings. The fourth-order valence-electron chi connectivity index (χ4n) is 3.63. The van der Waals surface area contributed by atoms with Gasteiger partial charge in [0.25, 0.3) is 0 Å². The van der Waals surface area contributed by atoms with Gasteiger partial charge >= 0.3 is 0 Å². The Morgan fingerprint density at radius 1 is 1.29 bits per heavy atom. The summed E-state index contributed by atoms with van der Waals surface area (Å²) in [5.41, 5.74) is 1.65. The number of carbonyl (C=O) groups is 2. The summed E-state index contributed by atoms with van der Waals surface area (Å²) in [4.78, 5) is 26.9. The molecule has 2 aliphatic heterocycles. The van der Waals surface area contributed by atoms with Crippen LogP contribution in [0.3, 0.4) is 0 Å². The van der Waals surface area contributed by atoms with Crippen LogP contribution in [-0.2, 0) is 9.59 Å². The normalized spacial score (nSPS) is 23.5. The molecule has 3 heterocycles. The van der Waals surface area contributed by atoms with Gasteiger partial charge < -0.3 is 10.2 Å². The number of likely N-dealkylation sites (tertiary alicyclic amines) is 1. The van der Waals surface area contributed by atoms with E-state index in [1.807, 2.05) is 40.0 Å². The molecule has 1 saturated heterocycles. The molecule has 7 heteroatoms. The monoisotopic (exact) mass is 325 g/mol. The first-order valence-corrected chi connectivity index (χ1v) is 8.26. The Morgan fingerprint density at radius 3 is 3.00 bits per heavy atom. The Morgan fingerprint density at radius 2 is 2.17 bits per heavy atom. The van der Waals surface area contributed by atoms with Gasteiger partial charge in [0.05, 0.1) is 18.2 Å². The number of rotatable bonds is 2. The van der Waals surface area contributed by atoms with Gasteiger partial charge in [-0.05, 0) is 24.5 Å². The average molecular weight is 325 g/mol. The Hall–Kier alpha value is -2.70. The summed E-state index contributed by atoms with van der Waals surface area (Å²) in [5.74, 6) is -0.469. The predicted octanol–water partition coefficient (Wildman–Crippen LogP) is 1.57. The second-order valence-corrected chi connectivity index (χ2v) is 6.36. The van der Waals surface area contributed by atoms with E-state index in [1.54, 1.807) is 6.20 Å². The highest BCUT2D eigenvalue weighted by molar-refractivity contribution is 6.01. The van der Waals surface area contributed by atoms with Crippen molar-refractivity contribution in [3.63, 3.8) is 0 Å². The lowest BCUT2D eigenvalue weighted by Gasteiger charge is -2.36. The standard InChI is InChI=1S/C17H19N5O2/c23-16-10-14(13-5-1-2-6-15(13)19-16)17(24)21-8-3-4-12(11-21)22-9-7-18-20-22/h1-2,5-7,9,12,14H,3-4,8,10-11H2,(H,19,23). The molecule has 2 atom stereocenters. The number of nitrogens with one attached hydrogen (secondary N) is 1. The summed E-state index contributed by atoms with van der Waals surface area (Å²) < 4.78 is 1.82. The van der Waals surface area contributed by atoms with Gasteiger partial charge in [0.1, 0.15) is 0 Å². The zero-order chi connectivity index (χ0) is 16.5. The number of hydrogen-bond donors (Lipinski definition) is 1. The smallest absolute Gasteiger partial charge is 0.230 e. The van der Waals surface area contributed by atoms with Gasteiger partial charge in [0, 0.05) is 31.4 Å². The molecular formula is C17H19N5O2. The van der Waals surface area contributed by atoms with Crippen LogP contribution in [-0.4, -0.2) is 44.8 Å². The van der Waals surface area contributed by atoms with Crippen molar-refractivity contribution in [2.75, 3.05) is 18.4 Å². The first kappa shape index (κ1) is 14.9. The number of carbonyl (C=O) groups excluding carboxylic acids is 2. The first-order chi connectivity index (χ1) is 11.7. The van der Waals surface area contributed by atoms with E-state index in [9.17, 15) is 9.59 Å². The molecule has 2 aliphatic rings. The predicted molar refractivity (Wildman–Crippen MR) is 87.3 cm³/mol. The number of fused-ring (bicyclic) bond motifs is 1. The fourth-order valence-corrected chi connectivity index (χ4v) is 3.63. The van der Waals surface area contributed by atoms with Gasteiger partial charge in [0.15, 0.2) is 0 Å². The highest BCUT2D eigenvalue weighted by Gasteiger charge is 2.35. The van der Waals surface area contributed by atoms with Crippen molar-refractivity contribution >= 4 is 17.5 Å². The van der Waals surface area contributed by atoms with Crippen LogP contribution in [0.4, 0.5) is 5.69 Å². The second-order valence-electron chi connectivity index (χ2n) is 6.36. The van der Waals surface area contributed by atoms with E-state index in [2.05, 4.69) is 15.6 Å². The Kier molecular flexibility index (Phi) is 3.76. The highest BCUT2D eigenvalue weighted by Crippen LogP contribution is 2.34. The van der Waals surface area contributed by atoms with E-state index < -0.39 is 5.92 Å². The minimum absolute atomic E-state index is 0.0297. The molecule has 2 unspecified atom stereocenters. The summed E-state index contributed by atoms with van der Waals surface area (Å²) in [5, 5.41) is 10.8. The van der Waals surface area contributed by atoms with E-state index in [0.717, 1.165) is 30.6 Å². The molecule has 1 aromatic carbocycles. The van der Waals surface area contributed by atoms with Crippen LogP contribution in [0.15, 0.2) is 36.7 Å². The van der Waals surface area contributed by atoms with Gasteiger partial charge in [-0.25, -0.2) is 4.68 Å². The Labute approximate surface area is 139 Å². The van der Waals surface area contributed by atoms with E-state index in [0.29, 0.717) is 6.54 Å². The van der Waals surface area contributed by atoms with Crippen LogP contribution >= 0.6 is 0 Å². The van der Waals surface area contributed by atoms with Crippen LogP contribution < -0.4 is 5.32 Å². The van der Waals surface area contributed by atoms with Crippen LogP contribution in [0.25, 0.3) is 0 Å². The highest BCUT2D eigenvalue weighted by atomic mass is 16.2. The first-order valence-electron chi connectivity index (χ1n) is 8.26. The maximum Gasteiger partial charge on any atom is 0.230 e. The summed E-state index contributed by atoms with van der Waals surface area (Å²) in [6.45, 7) is 1.34. The van der Waals surface area contributed by atoms with Gasteiger partial charge in [0.2, 0.25) is 11.8 Å². The van der Waals surface area contributed by atoms with E-state index in [4.69, 9.17) is 0 Å². The second kappa shape index (κ2) is 6.07. The van der Waals surface area contributed by atoms with Crippen molar-refractivity contribution in [1.29, 1.82) is 0 Å². The van der Waals surface area contributed by atoms with Gasteiger partial charge in [-0.2, -0.15) is 0 Å². The van der Waals surface area contributed by atoms with Crippen molar-refractivity contribution in [2.45, 2.75) is 31.2 Å². The lowest BCUT2D eigenvalue weighted by Crippen LogP contribution is -2.44. The van der Waals surface area contributed by atoms with Crippen molar-refractivity contribution in [3.8, 4) is 0 Å². The lowest BCUT2D eigenvalue weighted by atomic mass is 9.88. The van der Waals surface area contributed by atoms with Crippen LogP contribution in [0.5, 0.6) is 0 Å². The maximum atomic E-state index is 13.1. The number of benzene rings is 1. The van der Waals surface area contributed by atoms with Crippen molar-refractivity contribution < 1.29 is 9.59 Å². The zero-order valence-electron chi connectivity index (χ0n) is 13.3. The maximum absolute atomic E-state index is 13.1.